The van der Waals surface area contributed by atoms with Gasteiger partial charge in [0.1, 0.15) is 0 Å². The second kappa shape index (κ2) is 4.07. The average Bonchev–Trinajstić information content (AvgIpc) is 2.94. The van der Waals surface area contributed by atoms with E-state index in [1.165, 1.54) is 12.8 Å². The molecule has 0 aliphatic heterocycles. The predicted octanol–water partition coefficient (Wildman–Crippen LogP) is 3.12. The molecule has 1 fully saturated rings. The molecule has 1 aliphatic carbocycles. The van der Waals surface area contributed by atoms with E-state index in [4.69, 9.17) is 11.6 Å². The molecule has 1 unspecified atom stereocenters. The van der Waals surface area contributed by atoms with Crippen molar-refractivity contribution in [2.45, 2.75) is 31.7 Å². The highest BCUT2D eigenvalue weighted by Gasteiger charge is 2.31. The molecule has 0 N–H and O–H groups in total. The standard InChI is InChI=1S/C10H15ClN2S/c1-7(8-3-4-8)13(2)10-12-9(5-11)6-14-10/h6-8H,3-5H2,1-2H3. The number of nitrogens with zero attached hydrogens (tertiary/aromatic N) is 2. The van der Waals surface area contributed by atoms with Crippen LogP contribution in [0, 0.1) is 5.92 Å². The van der Waals surface area contributed by atoms with Gasteiger partial charge in [-0.15, -0.1) is 22.9 Å². The van der Waals surface area contributed by atoms with Crippen LogP contribution in [0.1, 0.15) is 25.5 Å². The van der Waals surface area contributed by atoms with E-state index in [-0.39, 0.29) is 0 Å². The van der Waals surface area contributed by atoms with Crippen LogP contribution in [0.2, 0.25) is 0 Å². The van der Waals surface area contributed by atoms with Gasteiger partial charge >= 0.3 is 0 Å². The quantitative estimate of drug-likeness (QED) is 0.739. The Kier molecular flexibility index (Phi) is 2.98. The van der Waals surface area contributed by atoms with Crippen molar-refractivity contribution in [3.05, 3.63) is 11.1 Å². The summed E-state index contributed by atoms with van der Waals surface area (Å²) in [4.78, 5) is 6.75. The third kappa shape index (κ3) is 2.04. The zero-order chi connectivity index (χ0) is 10.1. The van der Waals surface area contributed by atoms with Crippen LogP contribution in [0.25, 0.3) is 0 Å². The van der Waals surface area contributed by atoms with Crippen molar-refractivity contribution in [3.8, 4) is 0 Å². The number of hydrogen-bond acceptors (Lipinski definition) is 3. The SMILES string of the molecule is CC(C1CC1)N(C)c1nc(CCl)cs1. The molecule has 1 aliphatic rings. The van der Waals surface area contributed by atoms with Crippen molar-refractivity contribution in [1.82, 2.24) is 4.98 Å². The van der Waals surface area contributed by atoms with E-state index < -0.39 is 0 Å². The van der Waals surface area contributed by atoms with Gasteiger partial charge in [-0.05, 0) is 25.7 Å². The van der Waals surface area contributed by atoms with Gasteiger partial charge in [0.15, 0.2) is 5.13 Å². The minimum Gasteiger partial charge on any atom is -0.348 e. The summed E-state index contributed by atoms with van der Waals surface area (Å²) in [7, 11) is 2.12. The molecule has 1 aromatic rings. The van der Waals surface area contributed by atoms with Crippen molar-refractivity contribution >= 4 is 28.1 Å². The van der Waals surface area contributed by atoms with Gasteiger partial charge in [0.25, 0.3) is 0 Å². The molecule has 0 amide bonds. The normalized spacial score (nSPS) is 18.2. The molecular formula is C10H15ClN2S. The van der Waals surface area contributed by atoms with Gasteiger partial charge in [0.05, 0.1) is 11.6 Å². The van der Waals surface area contributed by atoms with Gasteiger partial charge < -0.3 is 4.90 Å². The fourth-order valence-corrected chi connectivity index (χ4v) is 2.70. The second-order valence-corrected chi connectivity index (χ2v) is 5.05. The Morgan fingerprint density at radius 2 is 2.43 bits per heavy atom. The zero-order valence-electron chi connectivity index (χ0n) is 8.53. The topological polar surface area (TPSA) is 16.1 Å². The molecule has 0 saturated heterocycles. The largest absolute Gasteiger partial charge is 0.348 e. The lowest BCUT2D eigenvalue weighted by Gasteiger charge is -2.23. The number of anilines is 1. The first-order chi connectivity index (χ1) is 6.72. The van der Waals surface area contributed by atoms with Gasteiger partial charge in [0.2, 0.25) is 0 Å². The fraction of sp³-hybridized carbons (Fsp3) is 0.700. The second-order valence-electron chi connectivity index (χ2n) is 3.94. The highest BCUT2D eigenvalue weighted by atomic mass is 35.5. The van der Waals surface area contributed by atoms with Crippen molar-refractivity contribution in [2.75, 3.05) is 11.9 Å². The van der Waals surface area contributed by atoms with Crippen LogP contribution in [0.15, 0.2) is 5.38 Å². The molecule has 0 spiro atoms. The van der Waals surface area contributed by atoms with Gasteiger partial charge in [-0.3, -0.25) is 0 Å². The fourth-order valence-electron chi connectivity index (χ4n) is 1.59. The molecular weight excluding hydrogens is 216 g/mol. The number of alkyl halides is 1. The van der Waals surface area contributed by atoms with Gasteiger partial charge in [-0.2, -0.15) is 0 Å². The first kappa shape index (κ1) is 10.2. The molecule has 1 saturated carbocycles. The number of hydrogen-bond donors (Lipinski definition) is 0. The van der Waals surface area contributed by atoms with Crippen molar-refractivity contribution in [3.63, 3.8) is 0 Å². The molecule has 78 valence electrons. The van der Waals surface area contributed by atoms with Crippen LogP contribution in [0.3, 0.4) is 0 Å². The Hall–Kier alpha value is -0.280. The van der Waals surface area contributed by atoms with Gasteiger partial charge in [0, 0.05) is 18.5 Å². The highest BCUT2D eigenvalue weighted by Crippen LogP contribution is 2.36. The minimum atomic E-state index is 0.516. The maximum absolute atomic E-state index is 5.73. The molecule has 1 heterocycles. The van der Waals surface area contributed by atoms with Crippen molar-refractivity contribution < 1.29 is 0 Å². The summed E-state index contributed by atoms with van der Waals surface area (Å²) in [6, 6.07) is 0.615. The van der Waals surface area contributed by atoms with E-state index in [0.717, 1.165) is 16.7 Å². The molecule has 2 nitrogen and oxygen atoms in total. The molecule has 1 atom stereocenters. The lowest BCUT2D eigenvalue weighted by atomic mass is 10.2. The minimum absolute atomic E-state index is 0.516. The average molecular weight is 231 g/mol. The molecule has 0 bridgehead atoms. The van der Waals surface area contributed by atoms with E-state index in [9.17, 15) is 0 Å². The third-order valence-electron chi connectivity index (χ3n) is 2.89. The van der Waals surface area contributed by atoms with Crippen LogP contribution >= 0.6 is 22.9 Å². The number of thiazole rings is 1. The van der Waals surface area contributed by atoms with Gasteiger partial charge in [-0.25, -0.2) is 4.98 Å². The Morgan fingerprint density at radius 1 is 1.71 bits per heavy atom. The monoisotopic (exact) mass is 230 g/mol. The molecule has 4 heteroatoms. The molecule has 14 heavy (non-hydrogen) atoms. The number of halogens is 1. The van der Waals surface area contributed by atoms with E-state index in [0.29, 0.717) is 11.9 Å². The maximum atomic E-state index is 5.73. The maximum Gasteiger partial charge on any atom is 0.185 e. The van der Waals surface area contributed by atoms with Crippen LogP contribution in [0.4, 0.5) is 5.13 Å². The number of aromatic nitrogens is 1. The Morgan fingerprint density at radius 3 is 2.93 bits per heavy atom. The van der Waals surface area contributed by atoms with E-state index in [1.54, 1.807) is 11.3 Å². The summed E-state index contributed by atoms with van der Waals surface area (Å²) in [5, 5.41) is 3.14. The zero-order valence-corrected chi connectivity index (χ0v) is 10.1. The lowest BCUT2D eigenvalue weighted by molar-refractivity contribution is 0.607. The summed E-state index contributed by atoms with van der Waals surface area (Å²) in [5.41, 5.74) is 0.988. The van der Waals surface area contributed by atoms with Gasteiger partial charge in [-0.1, -0.05) is 0 Å². The van der Waals surface area contributed by atoms with Crippen LogP contribution in [-0.2, 0) is 5.88 Å². The Balaban J connectivity index is 2.05. The lowest BCUT2D eigenvalue weighted by Crippen LogP contribution is -2.30. The summed E-state index contributed by atoms with van der Waals surface area (Å²) < 4.78 is 0. The summed E-state index contributed by atoms with van der Waals surface area (Å²) in [6.45, 7) is 2.28. The van der Waals surface area contributed by atoms with Crippen LogP contribution in [-0.4, -0.2) is 18.1 Å². The van der Waals surface area contributed by atoms with E-state index in [1.807, 2.05) is 5.38 Å². The summed E-state index contributed by atoms with van der Waals surface area (Å²) >= 11 is 7.41. The first-order valence-electron chi connectivity index (χ1n) is 4.95. The van der Waals surface area contributed by atoms with Crippen molar-refractivity contribution in [1.29, 1.82) is 0 Å². The smallest absolute Gasteiger partial charge is 0.185 e. The van der Waals surface area contributed by atoms with Crippen molar-refractivity contribution in [2.24, 2.45) is 5.92 Å². The summed E-state index contributed by atoms with van der Waals surface area (Å²) in [6.07, 6.45) is 2.75. The highest BCUT2D eigenvalue weighted by molar-refractivity contribution is 7.13. The molecule has 1 aromatic heterocycles. The molecule has 2 rings (SSSR count). The van der Waals surface area contributed by atoms with E-state index in [2.05, 4.69) is 23.9 Å². The van der Waals surface area contributed by atoms with E-state index >= 15 is 0 Å². The molecule has 0 aromatic carbocycles. The van der Waals surface area contributed by atoms with Crippen LogP contribution < -0.4 is 4.90 Å². The predicted molar refractivity (Wildman–Crippen MR) is 62.3 cm³/mol. The Labute approximate surface area is 93.9 Å². The third-order valence-corrected chi connectivity index (χ3v) is 4.15. The van der Waals surface area contributed by atoms with Crippen LogP contribution in [0.5, 0.6) is 0 Å². The number of rotatable bonds is 4. The first-order valence-corrected chi connectivity index (χ1v) is 6.37. The Bertz CT molecular complexity index is 309. The molecule has 0 radical (unpaired) electrons. The summed E-state index contributed by atoms with van der Waals surface area (Å²) in [5.74, 6) is 1.39.